The van der Waals surface area contributed by atoms with Gasteiger partial charge in [-0.25, -0.2) is 4.79 Å². The molecule has 6 nitrogen and oxygen atoms in total. The number of nitrogens with zero attached hydrogens (tertiary/aromatic N) is 1. The van der Waals surface area contributed by atoms with Gasteiger partial charge in [-0.15, -0.1) is 0 Å². The van der Waals surface area contributed by atoms with Gasteiger partial charge in [0, 0.05) is 31.1 Å². The molecule has 134 valence electrons. The molecule has 1 aliphatic rings. The minimum absolute atomic E-state index is 0.0326. The second kappa shape index (κ2) is 7.39. The topological polar surface area (TPSA) is 86.7 Å². The number of anilines is 1. The molecule has 2 N–H and O–H groups in total. The van der Waals surface area contributed by atoms with E-state index in [0.717, 1.165) is 16.8 Å². The lowest BCUT2D eigenvalue weighted by Gasteiger charge is -2.16. The van der Waals surface area contributed by atoms with E-state index < -0.39 is 17.9 Å². The number of fused-ring (bicyclic) bond motifs is 1. The van der Waals surface area contributed by atoms with Crippen LogP contribution in [-0.2, 0) is 22.4 Å². The highest BCUT2D eigenvalue weighted by Gasteiger charge is 2.25. The van der Waals surface area contributed by atoms with Gasteiger partial charge in [0.15, 0.2) is 0 Å². The summed E-state index contributed by atoms with van der Waals surface area (Å²) in [6.07, 6.45) is 0.896. The molecule has 0 aromatic heterocycles. The Morgan fingerprint density at radius 3 is 2.54 bits per heavy atom. The standard InChI is InChI=1S/C20H20N2O4/c1-13(23)22-10-9-15-12-16(7-8-18(15)22)19(24)21-17(20(25)26)11-14-5-3-2-4-6-14/h2-8,12,17H,9-11H2,1H3,(H,21,24)(H,25,26). The van der Waals surface area contributed by atoms with Gasteiger partial charge in [-0.05, 0) is 35.7 Å². The van der Waals surface area contributed by atoms with Crippen LogP contribution in [0.15, 0.2) is 48.5 Å². The Balaban J connectivity index is 1.74. The first kappa shape index (κ1) is 17.7. The molecule has 0 fully saturated rings. The molecular formula is C20H20N2O4. The number of carbonyl (C=O) groups excluding carboxylic acids is 2. The summed E-state index contributed by atoms with van der Waals surface area (Å²) in [5, 5.41) is 12.0. The summed E-state index contributed by atoms with van der Waals surface area (Å²) in [5.41, 5.74) is 2.97. The number of carboxylic acids is 1. The largest absolute Gasteiger partial charge is 0.480 e. The van der Waals surface area contributed by atoms with Crippen molar-refractivity contribution in [3.05, 3.63) is 65.2 Å². The quantitative estimate of drug-likeness (QED) is 0.862. The zero-order valence-corrected chi connectivity index (χ0v) is 14.4. The van der Waals surface area contributed by atoms with Crippen molar-refractivity contribution < 1.29 is 19.5 Å². The predicted octanol–water partition coefficient (Wildman–Crippen LogP) is 2.02. The van der Waals surface area contributed by atoms with Crippen molar-refractivity contribution in [3.63, 3.8) is 0 Å². The van der Waals surface area contributed by atoms with Crippen LogP contribution in [0.25, 0.3) is 0 Å². The number of nitrogens with one attached hydrogen (secondary N) is 1. The number of carboxylic acid groups (broad SMARTS) is 1. The van der Waals surface area contributed by atoms with E-state index in [1.807, 2.05) is 30.3 Å². The van der Waals surface area contributed by atoms with Crippen LogP contribution in [0.5, 0.6) is 0 Å². The molecule has 1 aliphatic heterocycles. The van der Waals surface area contributed by atoms with E-state index in [0.29, 0.717) is 18.5 Å². The first-order chi connectivity index (χ1) is 12.5. The summed E-state index contributed by atoms with van der Waals surface area (Å²) in [6, 6.07) is 13.3. The van der Waals surface area contributed by atoms with Crippen molar-refractivity contribution in [2.24, 2.45) is 0 Å². The van der Waals surface area contributed by atoms with E-state index in [1.54, 1.807) is 23.1 Å². The zero-order chi connectivity index (χ0) is 18.7. The molecule has 2 aromatic rings. The van der Waals surface area contributed by atoms with Crippen molar-refractivity contribution in [1.29, 1.82) is 0 Å². The highest BCUT2D eigenvalue weighted by Crippen LogP contribution is 2.28. The summed E-state index contributed by atoms with van der Waals surface area (Å²) in [4.78, 5) is 37.3. The maximum absolute atomic E-state index is 12.5. The lowest BCUT2D eigenvalue weighted by molar-refractivity contribution is -0.139. The second-order valence-electron chi connectivity index (χ2n) is 6.32. The van der Waals surface area contributed by atoms with Crippen molar-refractivity contribution in [3.8, 4) is 0 Å². The van der Waals surface area contributed by atoms with Gasteiger partial charge in [-0.2, -0.15) is 0 Å². The third-order valence-corrected chi connectivity index (χ3v) is 4.50. The van der Waals surface area contributed by atoms with Gasteiger partial charge in [0.1, 0.15) is 6.04 Å². The fraction of sp³-hybridized carbons (Fsp3) is 0.250. The highest BCUT2D eigenvalue weighted by atomic mass is 16.4. The minimum Gasteiger partial charge on any atom is -0.480 e. The van der Waals surface area contributed by atoms with E-state index in [1.165, 1.54) is 6.92 Å². The summed E-state index contributed by atoms with van der Waals surface area (Å²) in [6.45, 7) is 2.11. The third-order valence-electron chi connectivity index (χ3n) is 4.50. The van der Waals surface area contributed by atoms with Crippen LogP contribution in [0.4, 0.5) is 5.69 Å². The molecule has 26 heavy (non-hydrogen) atoms. The molecule has 0 spiro atoms. The van der Waals surface area contributed by atoms with Gasteiger partial charge in [0.25, 0.3) is 5.91 Å². The monoisotopic (exact) mass is 352 g/mol. The van der Waals surface area contributed by atoms with Crippen molar-refractivity contribution in [2.45, 2.75) is 25.8 Å². The molecule has 3 rings (SSSR count). The molecule has 0 bridgehead atoms. The predicted molar refractivity (Wildman–Crippen MR) is 97.2 cm³/mol. The van der Waals surface area contributed by atoms with Crippen LogP contribution in [-0.4, -0.2) is 35.5 Å². The summed E-state index contributed by atoms with van der Waals surface area (Å²) < 4.78 is 0. The van der Waals surface area contributed by atoms with Gasteiger partial charge >= 0.3 is 5.97 Å². The Kier molecular flexibility index (Phi) is 5.02. The van der Waals surface area contributed by atoms with Crippen molar-refractivity contribution >= 4 is 23.5 Å². The molecule has 0 aliphatic carbocycles. The molecule has 1 heterocycles. The van der Waals surface area contributed by atoms with Crippen LogP contribution < -0.4 is 10.2 Å². The molecule has 1 unspecified atom stereocenters. The average molecular weight is 352 g/mol. The molecule has 2 amide bonds. The maximum atomic E-state index is 12.5. The van der Waals surface area contributed by atoms with Crippen molar-refractivity contribution in [2.75, 3.05) is 11.4 Å². The highest BCUT2D eigenvalue weighted by molar-refractivity contribution is 5.99. The number of aliphatic carboxylic acids is 1. The lowest BCUT2D eigenvalue weighted by atomic mass is 10.0. The molecule has 0 saturated heterocycles. The lowest BCUT2D eigenvalue weighted by Crippen LogP contribution is -2.42. The van der Waals surface area contributed by atoms with Gasteiger partial charge in [-0.1, -0.05) is 30.3 Å². The van der Waals surface area contributed by atoms with E-state index in [-0.39, 0.29) is 12.3 Å². The van der Waals surface area contributed by atoms with Crippen LogP contribution in [0.3, 0.4) is 0 Å². The summed E-state index contributed by atoms with van der Waals surface area (Å²) in [5.74, 6) is -1.54. The van der Waals surface area contributed by atoms with Crippen LogP contribution in [0, 0.1) is 0 Å². The molecule has 6 heteroatoms. The van der Waals surface area contributed by atoms with Crippen LogP contribution in [0.2, 0.25) is 0 Å². The Hall–Kier alpha value is -3.15. The number of amides is 2. The fourth-order valence-electron chi connectivity index (χ4n) is 3.16. The van der Waals surface area contributed by atoms with Crippen molar-refractivity contribution in [1.82, 2.24) is 5.32 Å². The Labute approximate surface area is 151 Å². The second-order valence-corrected chi connectivity index (χ2v) is 6.32. The molecule has 0 saturated carbocycles. The number of rotatable bonds is 5. The summed E-state index contributed by atoms with van der Waals surface area (Å²) >= 11 is 0. The average Bonchev–Trinajstić information content (AvgIpc) is 3.05. The Morgan fingerprint density at radius 2 is 1.88 bits per heavy atom. The third kappa shape index (κ3) is 3.74. The molecule has 2 aromatic carbocycles. The van der Waals surface area contributed by atoms with Gasteiger partial charge in [0.05, 0.1) is 0 Å². The number of hydrogen-bond acceptors (Lipinski definition) is 3. The first-order valence-electron chi connectivity index (χ1n) is 8.44. The molecule has 0 radical (unpaired) electrons. The van der Waals surface area contributed by atoms with E-state index >= 15 is 0 Å². The number of benzene rings is 2. The van der Waals surface area contributed by atoms with E-state index in [2.05, 4.69) is 5.32 Å². The van der Waals surface area contributed by atoms with Gasteiger partial charge < -0.3 is 15.3 Å². The number of hydrogen-bond donors (Lipinski definition) is 2. The van der Waals surface area contributed by atoms with Gasteiger partial charge in [-0.3, -0.25) is 9.59 Å². The Bertz CT molecular complexity index is 848. The first-order valence-corrected chi connectivity index (χ1v) is 8.44. The minimum atomic E-state index is -1.08. The van der Waals surface area contributed by atoms with Gasteiger partial charge in [0.2, 0.25) is 5.91 Å². The molecule has 1 atom stereocenters. The smallest absolute Gasteiger partial charge is 0.326 e. The van der Waals surface area contributed by atoms with Crippen LogP contribution in [0.1, 0.15) is 28.4 Å². The summed E-state index contributed by atoms with van der Waals surface area (Å²) in [7, 11) is 0. The number of carbonyl (C=O) groups is 3. The Morgan fingerprint density at radius 1 is 1.15 bits per heavy atom. The SMILES string of the molecule is CC(=O)N1CCc2cc(C(=O)NC(Cc3ccccc3)C(=O)O)ccc21. The molecular weight excluding hydrogens is 332 g/mol. The van der Waals surface area contributed by atoms with Crippen LogP contribution >= 0.6 is 0 Å². The fourth-order valence-corrected chi connectivity index (χ4v) is 3.16. The van der Waals surface area contributed by atoms with E-state index in [4.69, 9.17) is 0 Å². The maximum Gasteiger partial charge on any atom is 0.326 e. The van der Waals surface area contributed by atoms with E-state index in [9.17, 15) is 19.5 Å². The normalized spacial score (nSPS) is 13.8. The zero-order valence-electron chi connectivity index (χ0n) is 14.4.